The van der Waals surface area contributed by atoms with Crippen molar-refractivity contribution in [3.05, 3.63) is 48.1 Å². The number of hydrogen-bond donors (Lipinski definition) is 0. The van der Waals surface area contributed by atoms with Crippen molar-refractivity contribution in [3.63, 3.8) is 0 Å². The van der Waals surface area contributed by atoms with Crippen LogP contribution in [0.15, 0.2) is 41.4 Å². The van der Waals surface area contributed by atoms with Gasteiger partial charge in [0, 0.05) is 37.6 Å². The van der Waals surface area contributed by atoms with Gasteiger partial charge in [-0.25, -0.2) is 18.4 Å². The zero-order chi connectivity index (χ0) is 18.1. The van der Waals surface area contributed by atoms with Crippen LogP contribution in [-0.2, 0) is 15.8 Å². The van der Waals surface area contributed by atoms with Crippen molar-refractivity contribution in [2.45, 2.75) is 12.7 Å². The van der Waals surface area contributed by atoms with E-state index < -0.39 is 10.0 Å². The van der Waals surface area contributed by atoms with Gasteiger partial charge in [0.2, 0.25) is 10.0 Å². The van der Waals surface area contributed by atoms with Gasteiger partial charge >= 0.3 is 0 Å². The van der Waals surface area contributed by atoms with Crippen LogP contribution in [-0.4, -0.2) is 54.0 Å². The molecule has 0 radical (unpaired) electrons. The van der Waals surface area contributed by atoms with Crippen molar-refractivity contribution >= 4 is 26.7 Å². The van der Waals surface area contributed by atoms with Crippen LogP contribution in [0.1, 0.15) is 11.3 Å². The maximum atomic E-state index is 12.6. The Morgan fingerprint density at radius 3 is 2.65 bits per heavy atom. The summed E-state index contributed by atoms with van der Waals surface area (Å²) in [7, 11) is -3.41. The van der Waals surface area contributed by atoms with Crippen LogP contribution in [0.25, 0.3) is 10.9 Å². The predicted molar refractivity (Wildman–Crippen MR) is 97.2 cm³/mol. The van der Waals surface area contributed by atoms with Crippen LogP contribution in [0.4, 0.5) is 5.82 Å². The molecule has 0 spiro atoms. The van der Waals surface area contributed by atoms with Gasteiger partial charge in [0.05, 0.1) is 11.2 Å². The van der Waals surface area contributed by atoms with E-state index >= 15 is 0 Å². The minimum absolute atomic E-state index is 0.140. The number of aryl methyl sites for hydroxylation is 1. The fraction of sp³-hybridized carbons (Fsp3) is 0.353. The summed E-state index contributed by atoms with van der Waals surface area (Å²) < 4.78 is 31.3. The molecule has 0 atom stereocenters. The Bertz CT molecular complexity index is 1010. The van der Waals surface area contributed by atoms with Crippen LogP contribution in [0.3, 0.4) is 0 Å². The number of aromatic nitrogens is 3. The average Bonchev–Trinajstić information content (AvgIpc) is 3.13. The van der Waals surface area contributed by atoms with Gasteiger partial charge in [-0.2, -0.15) is 4.31 Å². The molecular weight excluding hydrogens is 354 g/mol. The van der Waals surface area contributed by atoms with E-state index in [0.717, 1.165) is 22.3 Å². The lowest BCUT2D eigenvalue weighted by Gasteiger charge is -2.35. The smallest absolute Gasteiger partial charge is 0.220 e. The van der Waals surface area contributed by atoms with Crippen LogP contribution < -0.4 is 4.90 Å². The highest BCUT2D eigenvalue weighted by atomic mass is 32.2. The van der Waals surface area contributed by atoms with E-state index in [-0.39, 0.29) is 5.75 Å². The van der Waals surface area contributed by atoms with E-state index in [1.807, 2.05) is 19.1 Å². The Morgan fingerprint density at radius 2 is 1.92 bits per heavy atom. The van der Waals surface area contributed by atoms with Crippen molar-refractivity contribution in [2.24, 2.45) is 0 Å². The third-order valence-corrected chi connectivity index (χ3v) is 6.34. The third kappa shape index (κ3) is 3.27. The topological polar surface area (TPSA) is 92.4 Å². The third-order valence-electron chi connectivity index (χ3n) is 4.52. The van der Waals surface area contributed by atoms with Crippen LogP contribution in [0.5, 0.6) is 0 Å². The average molecular weight is 373 g/mol. The number of fused-ring (bicyclic) bond motifs is 1. The molecule has 1 aromatic carbocycles. The summed E-state index contributed by atoms with van der Waals surface area (Å²) in [4.78, 5) is 10.9. The molecule has 8 nitrogen and oxygen atoms in total. The maximum absolute atomic E-state index is 12.6. The molecule has 0 unspecified atom stereocenters. The van der Waals surface area contributed by atoms with E-state index in [1.54, 1.807) is 12.4 Å². The zero-order valence-corrected chi connectivity index (χ0v) is 15.2. The summed E-state index contributed by atoms with van der Waals surface area (Å²) in [5.74, 6) is 0.714. The van der Waals surface area contributed by atoms with Crippen molar-refractivity contribution < 1.29 is 12.9 Å². The molecule has 0 bridgehead atoms. The summed E-state index contributed by atoms with van der Waals surface area (Å²) >= 11 is 0. The van der Waals surface area contributed by atoms with Gasteiger partial charge < -0.3 is 9.42 Å². The lowest BCUT2D eigenvalue weighted by Crippen LogP contribution is -2.49. The van der Waals surface area contributed by atoms with Crippen molar-refractivity contribution in [1.82, 2.24) is 19.4 Å². The Balaban J connectivity index is 1.51. The van der Waals surface area contributed by atoms with Gasteiger partial charge in [-0.1, -0.05) is 16.8 Å². The molecule has 2 aromatic heterocycles. The van der Waals surface area contributed by atoms with Crippen LogP contribution in [0, 0.1) is 6.92 Å². The quantitative estimate of drug-likeness (QED) is 0.685. The molecule has 1 aliphatic rings. The number of hydrogen-bond acceptors (Lipinski definition) is 7. The molecule has 1 fully saturated rings. The predicted octanol–water partition coefficient (Wildman–Crippen LogP) is 1.58. The fourth-order valence-electron chi connectivity index (χ4n) is 3.18. The van der Waals surface area contributed by atoms with Crippen LogP contribution >= 0.6 is 0 Å². The number of benzene rings is 1. The highest BCUT2D eigenvalue weighted by Crippen LogP contribution is 2.25. The minimum atomic E-state index is -3.41. The first kappa shape index (κ1) is 16.9. The maximum Gasteiger partial charge on any atom is 0.220 e. The molecule has 3 heterocycles. The number of sulfonamides is 1. The van der Waals surface area contributed by atoms with E-state index in [0.29, 0.717) is 31.9 Å². The van der Waals surface area contributed by atoms with E-state index in [9.17, 15) is 8.42 Å². The van der Waals surface area contributed by atoms with Gasteiger partial charge in [0.25, 0.3) is 0 Å². The van der Waals surface area contributed by atoms with Crippen molar-refractivity contribution in [2.75, 3.05) is 31.1 Å². The number of piperazine rings is 1. The number of anilines is 1. The molecule has 0 N–H and O–H groups in total. The number of nitrogens with zero attached hydrogens (tertiary/aromatic N) is 5. The van der Waals surface area contributed by atoms with Gasteiger partial charge in [0.1, 0.15) is 24.2 Å². The first-order valence-electron chi connectivity index (χ1n) is 8.36. The summed E-state index contributed by atoms with van der Waals surface area (Å²) in [6, 6.07) is 7.64. The lowest BCUT2D eigenvalue weighted by atomic mass is 10.1. The van der Waals surface area contributed by atoms with Gasteiger partial charge in [-0.15, -0.1) is 0 Å². The largest absolute Gasteiger partial charge is 0.364 e. The molecule has 26 heavy (non-hydrogen) atoms. The van der Waals surface area contributed by atoms with Crippen molar-refractivity contribution in [3.8, 4) is 0 Å². The van der Waals surface area contributed by atoms with Crippen LogP contribution in [0.2, 0.25) is 0 Å². The molecule has 0 aliphatic carbocycles. The van der Waals surface area contributed by atoms with Crippen molar-refractivity contribution in [1.29, 1.82) is 0 Å². The van der Waals surface area contributed by atoms with Gasteiger partial charge in [0.15, 0.2) is 0 Å². The Labute approximate surface area is 151 Å². The normalized spacial score (nSPS) is 16.3. The Hall–Kier alpha value is -2.52. The molecule has 3 aromatic rings. The molecule has 136 valence electrons. The van der Waals surface area contributed by atoms with E-state index in [1.165, 1.54) is 10.6 Å². The fourth-order valence-corrected chi connectivity index (χ4v) is 4.60. The first-order chi connectivity index (χ1) is 12.5. The summed E-state index contributed by atoms with van der Waals surface area (Å²) in [5.41, 5.74) is 2.45. The van der Waals surface area contributed by atoms with Gasteiger partial charge in [-0.3, -0.25) is 0 Å². The van der Waals surface area contributed by atoms with E-state index in [4.69, 9.17) is 4.52 Å². The summed E-state index contributed by atoms with van der Waals surface area (Å²) in [6.45, 7) is 4.02. The molecule has 4 rings (SSSR count). The molecular formula is C17H19N5O3S. The highest BCUT2D eigenvalue weighted by Gasteiger charge is 2.28. The Kier molecular flexibility index (Phi) is 4.33. The Morgan fingerprint density at radius 1 is 1.12 bits per heavy atom. The molecule has 0 amide bonds. The summed E-state index contributed by atoms with van der Waals surface area (Å²) in [6.07, 6.45) is 2.94. The lowest BCUT2D eigenvalue weighted by molar-refractivity contribution is 0.381. The zero-order valence-electron chi connectivity index (χ0n) is 14.4. The second kappa shape index (κ2) is 6.65. The standard InChI is InChI=1S/C17H19N5O3S/c1-13-2-3-16-15(10-13)17(19-12-18-16)21-5-7-22(8-6-21)26(23,24)11-14-4-9-25-20-14/h2-4,9-10,12H,5-8,11H2,1H3. The first-order valence-corrected chi connectivity index (χ1v) is 9.97. The SMILES string of the molecule is Cc1ccc2ncnc(N3CCN(S(=O)(=O)Cc4ccon4)CC3)c2c1. The minimum Gasteiger partial charge on any atom is -0.364 e. The van der Waals surface area contributed by atoms with E-state index in [2.05, 4.69) is 26.1 Å². The summed E-state index contributed by atoms with van der Waals surface area (Å²) in [5, 5.41) is 4.69. The molecule has 1 saturated heterocycles. The second-order valence-corrected chi connectivity index (χ2v) is 8.32. The monoisotopic (exact) mass is 373 g/mol. The number of rotatable bonds is 4. The molecule has 0 saturated carbocycles. The highest BCUT2D eigenvalue weighted by molar-refractivity contribution is 7.88. The molecule has 9 heteroatoms. The second-order valence-electron chi connectivity index (χ2n) is 6.35. The van der Waals surface area contributed by atoms with Gasteiger partial charge in [-0.05, 0) is 19.1 Å². The molecule has 1 aliphatic heterocycles.